The molecule has 1 aromatic heterocycles. The maximum atomic E-state index is 13.2. The van der Waals surface area contributed by atoms with Crippen molar-refractivity contribution in [2.75, 3.05) is 6.79 Å². The van der Waals surface area contributed by atoms with Gasteiger partial charge >= 0.3 is 0 Å². The van der Waals surface area contributed by atoms with Gasteiger partial charge in [-0.25, -0.2) is 4.39 Å². The summed E-state index contributed by atoms with van der Waals surface area (Å²) in [4.78, 5) is 16.5. The van der Waals surface area contributed by atoms with Crippen LogP contribution in [0.3, 0.4) is 0 Å². The second-order valence-electron chi connectivity index (χ2n) is 5.84. The number of amides is 1. The molecule has 2 aromatic carbocycles. The number of carbonyl (C=O) groups is 1. The number of fused-ring (bicyclic) bond motifs is 1. The van der Waals surface area contributed by atoms with Crippen LogP contribution in [0, 0.1) is 5.82 Å². The van der Waals surface area contributed by atoms with Gasteiger partial charge in [-0.15, -0.1) is 0 Å². The Morgan fingerprint density at radius 3 is 2.81 bits per heavy atom. The summed E-state index contributed by atoms with van der Waals surface area (Å²) in [5.74, 6) is 0.765. The molecule has 0 radical (unpaired) electrons. The van der Waals surface area contributed by atoms with E-state index in [4.69, 9.17) is 9.47 Å². The Bertz CT molecular complexity index is 975. The van der Waals surface area contributed by atoms with Crippen molar-refractivity contribution in [3.63, 3.8) is 0 Å². The van der Waals surface area contributed by atoms with E-state index in [1.54, 1.807) is 24.4 Å². The lowest BCUT2D eigenvalue weighted by atomic mass is 10.1. The zero-order valence-corrected chi connectivity index (χ0v) is 13.7. The van der Waals surface area contributed by atoms with Gasteiger partial charge in [-0.1, -0.05) is 18.2 Å². The maximum Gasteiger partial charge on any atom is 0.253 e. The summed E-state index contributed by atoms with van der Waals surface area (Å²) in [7, 11) is 0. The quantitative estimate of drug-likeness (QED) is 0.782. The van der Waals surface area contributed by atoms with E-state index < -0.39 is 0 Å². The van der Waals surface area contributed by atoms with Crippen LogP contribution in [-0.4, -0.2) is 17.7 Å². The molecule has 1 amide bonds. The number of ether oxygens (including phenoxy) is 2. The number of aromatic nitrogens is 1. The van der Waals surface area contributed by atoms with Crippen molar-refractivity contribution < 1.29 is 18.7 Å². The van der Waals surface area contributed by atoms with Crippen LogP contribution >= 0.6 is 0 Å². The smallest absolute Gasteiger partial charge is 0.253 e. The Kier molecular flexibility index (Phi) is 4.23. The van der Waals surface area contributed by atoms with Crippen LogP contribution in [0.2, 0.25) is 0 Å². The maximum absolute atomic E-state index is 13.2. The van der Waals surface area contributed by atoms with Gasteiger partial charge in [0.2, 0.25) is 6.79 Å². The first-order chi connectivity index (χ1) is 12.7. The number of nitrogens with zero attached hydrogens (tertiary/aromatic N) is 1. The fourth-order valence-corrected chi connectivity index (χ4v) is 2.73. The first-order valence-corrected chi connectivity index (χ1v) is 8.07. The minimum Gasteiger partial charge on any atom is -0.454 e. The first kappa shape index (κ1) is 16.1. The van der Waals surface area contributed by atoms with E-state index in [-0.39, 0.29) is 25.1 Å². The lowest BCUT2D eigenvalue weighted by Gasteiger charge is -2.08. The summed E-state index contributed by atoms with van der Waals surface area (Å²) in [6.07, 6.45) is 3.18. The second kappa shape index (κ2) is 6.84. The molecule has 0 spiro atoms. The average Bonchev–Trinajstić information content (AvgIpc) is 3.14. The number of rotatable bonds is 4. The third-order valence-electron chi connectivity index (χ3n) is 4.05. The lowest BCUT2D eigenvalue weighted by molar-refractivity contribution is 0.0950. The molecule has 0 aliphatic carbocycles. The van der Waals surface area contributed by atoms with Crippen LogP contribution < -0.4 is 14.8 Å². The SMILES string of the molecule is O=C(NCc1cccc(F)c1)c1cncc(-c2ccc3c(c2)OCO3)c1. The summed E-state index contributed by atoms with van der Waals surface area (Å²) in [5.41, 5.74) is 2.79. The fourth-order valence-electron chi connectivity index (χ4n) is 2.73. The van der Waals surface area contributed by atoms with Gasteiger partial charge in [-0.05, 0) is 41.5 Å². The Balaban J connectivity index is 1.51. The van der Waals surface area contributed by atoms with Crippen LogP contribution in [-0.2, 0) is 6.54 Å². The molecule has 3 aromatic rings. The molecule has 1 aliphatic heterocycles. The summed E-state index contributed by atoms with van der Waals surface area (Å²) in [5, 5.41) is 2.77. The van der Waals surface area contributed by atoms with Crippen LogP contribution in [0.5, 0.6) is 11.5 Å². The van der Waals surface area contributed by atoms with Gasteiger partial charge in [0.15, 0.2) is 11.5 Å². The molecule has 26 heavy (non-hydrogen) atoms. The van der Waals surface area contributed by atoms with E-state index in [1.807, 2.05) is 18.2 Å². The molecule has 1 N–H and O–H groups in total. The van der Waals surface area contributed by atoms with Crippen LogP contribution in [0.25, 0.3) is 11.1 Å². The number of carbonyl (C=O) groups excluding carboxylic acids is 1. The van der Waals surface area contributed by atoms with E-state index in [2.05, 4.69) is 10.3 Å². The molecule has 0 atom stereocenters. The number of pyridine rings is 1. The summed E-state index contributed by atoms with van der Waals surface area (Å²) in [6, 6.07) is 13.4. The average molecular weight is 350 g/mol. The van der Waals surface area contributed by atoms with Crippen LogP contribution in [0.15, 0.2) is 60.9 Å². The summed E-state index contributed by atoms with van der Waals surface area (Å²) in [6.45, 7) is 0.449. The van der Waals surface area contributed by atoms with Crippen molar-refractivity contribution >= 4 is 5.91 Å². The number of halogens is 1. The summed E-state index contributed by atoms with van der Waals surface area (Å²) < 4.78 is 23.9. The molecule has 1 aliphatic rings. The predicted molar refractivity (Wildman–Crippen MR) is 93.4 cm³/mol. The Morgan fingerprint density at radius 2 is 1.92 bits per heavy atom. The third kappa shape index (κ3) is 3.35. The second-order valence-corrected chi connectivity index (χ2v) is 5.84. The fraction of sp³-hybridized carbons (Fsp3) is 0.100. The predicted octanol–water partition coefficient (Wildman–Crippen LogP) is 3.55. The highest BCUT2D eigenvalue weighted by molar-refractivity contribution is 5.95. The molecule has 4 rings (SSSR count). The third-order valence-corrected chi connectivity index (χ3v) is 4.05. The molecule has 2 heterocycles. The van der Waals surface area contributed by atoms with Gasteiger partial charge in [-0.2, -0.15) is 0 Å². The molecule has 6 heteroatoms. The lowest BCUT2D eigenvalue weighted by Crippen LogP contribution is -2.23. The molecule has 0 fully saturated rings. The highest BCUT2D eigenvalue weighted by Gasteiger charge is 2.15. The van der Waals surface area contributed by atoms with Crippen molar-refractivity contribution in [1.82, 2.24) is 10.3 Å². The van der Waals surface area contributed by atoms with Crippen LogP contribution in [0.4, 0.5) is 4.39 Å². The molecule has 0 unspecified atom stereocenters. The van der Waals surface area contributed by atoms with E-state index in [1.165, 1.54) is 18.3 Å². The number of hydrogen-bond donors (Lipinski definition) is 1. The molecule has 5 nitrogen and oxygen atoms in total. The van der Waals surface area contributed by atoms with E-state index in [0.717, 1.165) is 11.1 Å². The van der Waals surface area contributed by atoms with Gasteiger partial charge in [0.05, 0.1) is 5.56 Å². The zero-order valence-electron chi connectivity index (χ0n) is 13.7. The molecular formula is C20H15FN2O3. The van der Waals surface area contributed by atoms with Gasteiger partial charge in [0.1, 0.15) is 5.82 Å². The molecule has 0 saturated carbocycles. The normalized spacial score (nSPS) is 12.0. The minimum absolute atomic E-state index is 0.208. The van der Waals surface area contributed by atoms with Crippen molar-refractivity contribution in [3.8, 4) is 22.6 Å². The van der Waals surface area contributed by atoms with E-state index in [9.17, 15) is 9.18 Å². The number of hydrogen-bond acceptors (Lipinski definition) is 4. The topological polar surface area (TPSA) is 60.5 Å². The molecule has 0 bridgehead atoms. The van der Waals surface area contributed by atoms with Gasteiger partial charge in [0, 0.05) is 24.5 Å². The number of nitrogens with one attached hydrogen (secondary N) is 1. The largest absolute Gasteiger partial charge is 0.454 e. The van der Waals surface area contributed by atoms with Gasteiger partial charge in [-0.3, -0.25) is 9.78 Å². The zero-order chi connectivity index (χ0) is 17.9. The first-order valence-electron chi connectivity index (χ1n) is 8.07. The van der Waals surface area contributed by atoms with Crippen LogP contribution in [0.1, 0.15) is 15.9 Å². The summed E-state index contributed by atoms with van der Waals surface area (Å²) >= 11 is 0. The standard InChI is InChI=1S/C20H15FN2O3/c21-17-3-1-2-13(6-17)9-23-20(24)16-7-15(10-22-11-16)14-4-5-18-19(8-14)26-12-25-18/h1-8,10-11H,9,12H2,(H,23,24). The van der Waals surface area contributed by atoms with Crippen molar-refractivity contribution in [1.29, 1.82) is 0 Å². The Hall–Kier alpha value is -3.41. The number of benzene rings is 2. The van der Waals surface area contributed by atoms with Crippen molar-refractivity contribution in [3.05, 3.63) is 77.9 Å². The van der Waals surface area contributed by atoms with E-state index in [0.29, 0.717) is 22.6 Å². The Morgan fingerprint density at radius 1 is 1.04 bits per heavy atom. The van der Waals surface area contributed by atoms with Crippen molar-refractivity contribution in [2.24, 2.45) is 0 Å². The highest BCUT2D eigenvalue weighted by Crippen LogP contribution is 2.35. The highest BCUT2D eigenvalue weighted by atomic mass is 19.1. The molecule has 0 saturated heterocycles. The van der Waals surface area contributed by atoms with E-state index >= 15 is 0 Å². The van der Waals surface area contributed by atoms with Gasteiger partial charge < -0.3 is 14.8 Å². The van der Waals surface area contributed by atoms with Crippen molar-refractivity contribution in [2.45, 2.75) is 6.54 Å². The van der Waals surface area contributed by atoms with Gasteiger partial charge in [0.25, 0.3) is 5.91 Å². The minimum atomic E-state index is -0.330. The Labute approximate surface area is 149 Å². The molecule has 130 valence electrons. The monoisotopic (exact) mass is 350 g/mol. The molecular weight excluding hydrogens is 335 g/mol.